The van der Waals surface area contributed by atoms with Gasteiger partial charge in [-0.05, 0) is 24.8 Å². The number of nitrogens with one attached hydrogen (secondary N) is 3. The van der Waals surface area contributed by atoms with E-state index in [9.17, 15) is 9.59 Å². The Morgan fingerprint density at radius 2 is 1.74 bits per heavy atom. The molecule has 3 amide bonds. The lowest BCUT2D eigenvalue weighted by atomic mass is 10.0. The van der Waals surface area contributed by atoms with Gasteiger partial charge in [-0.25, -0.2) is 4.79 Å². The van der Waals surface area contributed by atoms with Crippen molar-refractivity contribution in [3.05, 3.63) is 35.4 Å². The Morgan fingerprint density at radius 1 is 1.13 bits per heavy atom. The molecule has 5 heteroatoms. The molecule has 0 radical (unpaired) electrons. The lowest BCUT2D eigenvalue weighted by Crippen LogP contribution is -3.09. The van der Waals surface area contributed by atoms with Crippen LogP contribution in [0.3, 0.4) is 0 Å². The molecular weight excluding hydrogens is 290 g/mol. The third kappa shape index (κ3) is 7.28. The summed E-state index contributed by atoms with van der Waals surface area (Å²) in [6.45, 7) is 9.23. The molecule has 0 aromatic heterocycles. The van der Waals surface area contributed by atoms with Crippen LogP contribution >= 0.6 is 0 Å². The summed E-state index contributed by atoms with van der Waals surface area (Å²) in [5.74, 6) is 0.256. The molecule has 0 aliphatic rings. The molecule has 1 unspecified atom stereocenters. The van der Waals surface area contributed by atoms with Gasteiger partial charge in [0.2, 0.25) is 0 Å². The van der Waals surface area contributed by atoms with Crippen LogP contribution in [-0.4, -0.2) is 31.6 Å². The third-order valence-corrected chi connectivity index (χ3v) is 3.86. The topological polar surface area (TPSA) is 62.6 Å². The molecule has 0 aliphatic heterocycles. The molecule has 0 aliphatic carbocycles. The molecule has 23 heavy (non-hydrogen) atoms. The van der Waals surface area contributed by atoms with Crippen molar-refractivity contribution in [2.24, 2.45) is 0 Å². The highest BCUT2D eigenvalue weighted by molar-refractivity contribution is 5.94. The van der Waals surface area contributed by atoms with Gasteiger partial charge in [0.15, 0.2) is 6.54 Å². The quantitative estimate of drug-likeness (QED) is 0.712. The molecule has 0 saturated heterocycles. The standard InChI is InChI=1S/C18H29N3O2/c1-6-14(4)19-18(23)20-17(22)12-21(5)11-15-7-9-16(10-8-15)13(2)3/h7-10,13-14H,6,11-12H2,1-5H3,(H2,19,20,22,23)/p+1/t14-/m0/s1. The highest BCUT2D eigenvalue weighted by Crippen LogP contribution is 2.14. The number of rotatable bonds is 7. The van der Waals surface area contributed by atoms with Gasteiger partial charge in [0.1, 0.15) is 6.54 Å². The predicted octanol–water partition coefficient (Wildman–Crippen LogP) is 1.45. The smallest absolute Gasteiger partial charge is 0.321 e. The van der Waals surface area contributed by atoms with E-state index >= 15 is 0 Å². The van der Waals surface area contributed by atoms with E-state index in [-0.39, 0.29) is 18.5 Å². The van der Waals surface area contributed by atoms with Gasteiger partial charge in [-0.2, -0.15) is 0 Å². The number of amides is 3. The summed E-state index contributed by atoms with van der Waals surface area (Å²) in [5.41, 5.74) is 2.50. The lowest BCUT2D eigenvalue weighted by Gasteiger charge is -2.15. The van der Waals surface area contributed by atoms with Gasteiger partial charge in [0, 0.05) is 11.6 Å². The van der Waals surface area contributed by atoms with E-state index in [1.165, 1.54) is 11.1 Å². The second-order valence-electron chi connectivity index (χ2n) is 6.54. The van der Waals surface area contributed by atoms with Crippen molar-refractivity contribution in [2.45, 2.75) is 52.6 Å². The van der Waals surface area contributed by atoms with Crippen LogP contribution in [0, 0.1) is 0 Å². The van der Waals surface area contributed by atoms with Crippen LogP contribution in [0.4, 0.5) is 4.79 Å². The Hall–Kier alpha value is -1.88. The average molecular weight is 320 g/mol. The molecule has 5 nitrogen and oxygen atoms in total. The molecular formula is C18H30N3O2+. The van der Waals surface area contributed by atoms with E-state index in [1.807, 2.05) is 20.9 Å². The molecule has 0 heterocycles. The number of quaternary nitrogens is 1. The van der Waals surface area contributed by atoms with Crippen LogP contribution in [-0.2, 0) is 11.3 Å². The van der Waals surface area contributed by atoms with Gasteiger partial charge in [0.25, 0.3) is 5.91 Å². The largest absolute Gasteiger partial charge is 0.335 e. The van der Waals surface area contributed by atoms with Crippen molar-refractivity contribution in [2.75, 3.05) is 13.6 Å². The van der Waals surface area contributed by atoms with Crippen molar-refractivity contribution in [1.29, 1.82) is 0 Å². The molecule has 2 atom stereocenters. The number of carbonyl (C=O) groups excluding carboxylic acids is 2. The summed E-state index contributed by atoms with van der Waals surface area (Å²) >= 11 is 0. The molecule has 3 N–H and O–H groups in total. The first-order chi connectivity index (χ1) is 10.8. The average Bonchev–Trinajstić information content (AvgIpc) is 2.46. The number of benzene rings is 1. The monoisotopic (exact) mass is 320 g/mol. The molecule has 1 aromatic carbocycles. The van der Waals surface area contributed by atoms with Crippen molar-refractivity contribution in [3.8, 4) is 0 Å². The van der Waals surface area contributed by atoms with Crippen molar-refractivity contribution >= 4 is 11.9 Å². The number of hydrogen-bond acceptors (Lipinski definition) is 2. The van der Waals surface area contributed by atoms with Crippen LogP contribution in [0.1, 0.15) is 51.2 Å². The first-order valence-electron chi connectivity index (χ1n) is 8.32. The zero-order valence-corrected chi connectivity index (χ0v) is 14.9. The van der Waals surface area contributed by atoms with E-state index in [4.69, 9.17) is 0 Å². The molecule has 0 bridgehead atoms. The second kappa shape index (κ2) is 9.30. The minimum Gasteiger partial charge on any atom is -0.335 e. The minimum absolute atomic E-state index is 0.0624. The Bertz CT molecular complexity index is 512. The molecule has 1 rings (SSSR count). The zero-order chi connectivity index (χ0) is 17.4. The Morgan fingerprint density at radius 3 is 2.26 bits per heavy atom. The van der Waals surface area contributed by atoms with Crippen LogP contribution in [0.15, 0.2) is 24.3 Å². The number of hydrogen-bond donors (Lipinski definition) is 3. The highest BCUT2D eigenvalue weighted by Gasteiger charge is 2.14. The molecule has 0 spiro atoms. The second-order valence-corrected chi connectivity index (χ2v) is 6.54. The normalized spacial score (nSPS) is 13.5. The fourth-order valence-corrected chi connectivity index (χ4v) is 2.24. The van der Waals surface area contributed by atoms with Crippen molar-refractivity contribution in [3.63, 3.8) is 0 Å². The number of urea groups is 1. The first-order valence-corrected chi connectivity index (χ1v) is 8.32. The summed E-state index contributed by atoms with van der Waals surface area (Å²) in [6, 6.07) is 8.12. The van der Waals surface area contributed by atoms with E-state index in [0.717, 1.165) is 17.9 Å². The summed E-state index contributed by atoms with van der Waals surface area (Å²) < 4.78 is 0. The lowest BCUT2D eigenvalue weighted by molar-refractivity contribution is -0.885. The fourth-order valence-electron chi connectivity index (χ4n) is 2.24. The van der Waals surface area contributed by atoms with Crippen LogP contribution in [0.25, 0.3) is 0 Å². The predicted molar refractivity (Wildman–Crippen MR) is 92.4 cm³/mol. The highest BCUT2D eigenvalue weighted by atomic mass is 16.2. The van der Waals surface area contributed by atoms with E-state index in [1.54, 1.807) is 0 Å². The van der Waals surface area contributed by atoms with Crippen LogP contribution in [0.5, 0.6) is 0 Å². The Kier molecular flexibility index (Phi) is 7.75. The molecule has 128 valence electrons. The fraction of sp³-hybridized carbons (Fsp3) is 0.556. The van der Waals surface area contributed by atoms with Gasteiger partial charge < -0.3 is 10.2 Å². The van der Waals surface area contributed by atoms with Gasteiger partial charge in [-0.1, -0.05) is 45.0 Å². The van der Waals surface area contributed by atoms with Crippen LogP contribution in [0.2, 0.25) is 0 Å². The molecule has 1 aromatic rings. The number of imide groups is 1. The summed E-state index contributed by atoms with van der Waals surface area (Å²) in [7, 11) is 1.95. The van der Waals surface area contributed by atoms with Crippen molar-refractivity contribution in [1.82, 2.24) is 10.6 Å². The first kappa shape index (κ1) is 19.2. The van der Waals surface area contributed by atoms with Crippen LogP contribution < -0.4 is 15.5 Å². The maximum Gasteiger partial charge on any atom is 0.321 e. The van der Waals surface area contributed by atoms with Gasteiger partial charge in [-0.15, -0.1) is 0 Å². The maximum absolute atomic E-state index is 11.9. The summed E-state index contributed by atoms with van der Waals surface area (Å²) in [4.78, 5) is 24.5. The summed E-state index contributed by atoms with van der Waals surface area (Å²) in [6.07, 6.45) is 0.832. The zero-order valence-electron chi connectivity index (χ0n) is 14.9. The number of carbonyl (C=O) groups is 2. The van der Waals surface area contributed by atoms with Gasteiger partial charge in [0.05, 0.1) is 7.05 Å². The minimum atomic E-state index is -0.418. The Balaban J connectivity index is 2.41. The van der Waals surface area contributed by atoms with Crippen molar-refractivity contribution < 1.29 is 14.5 Å². The molecule has 0 fully saturated rings. The molecule has 0 saturated carbocycles. The third-order valence-electron chi connectivity index (χ3n) is 3.86. The van der Waals surface area contributed by atoms with E-state index in [0.29, 0.717) is 5.92 Å². The van der Waals surface area contributed by atoms with Gasteiger partial charge >= 0.3 is 6.03 Å². The van der Waals surface area contributed by atoms with E-state index < -0.39 is 6.03 Å². The maximum atomic E-state index is 11.9. The SMILES string of the molecule is CC[C@H](C)NC(=O)NC(=O)C[NH+](C)Cc1ccc(C(C)C)cc1. The number of likely N-dealkylation sites (N-methyl/N-ethyl adjacent to an activating group) is 1. The van der Waals surface area contributed by atoms with Gasteiger partial charge in [-0.3, -0.25) is 10.1 Å². The van der Waals surface area contributed by atoms with E-state index in [2.05, 4.69) is 48.7 Å². The Labute approximate surface area is 139 Å². The summed E-state index contributed by atoms with van der Waals surface area (Å²) in [5, 5.41) is 5.10.